The van der Waals surface area contributed by atoms with E-state index in [-0.39, 0.29) is 35.3 Å². The summed E-state index contributed by atoms with van der Waals surface area (Å²) in [5.74, 6) is -0.318. The summed E-state index contributed by atoms with van der Waals surface area (Å²) in [4.78, 5) is 16.3. The highest BCUT2D eigenvalue weighted by molar-refractivity contribution is 5.94. The highest BCUT2D eigenvalue weighted by Gasteiger charge is 2.33. The third-order valence-corrected chi connectivity index (χ3v) is 4.84. The van der Waals surface area contributed by atoms with Gasteiger partial charge in [-0.3, -0.25) is 4.79 Å². The summed E-state index contributed by atoms with van der Waals surface area (Å²) in [6, 6.07) is 9.64. The molecule has 4 rings (SSSR count). The van der Waals surface area contributed by atoms with Crippen LogP contribution in [0.15, 0.2) is 48.8 Å². The molecule has 2 aromatic carbocycles. The van der Waals surface area contributed by atoms with Crippen molar-refractivity contribution in [3.8, 4) is 17.2 Å². The molecule has 1 aromatic heterocycles. The van der Waals surface area contributed by atoms with Crippen molar-refractivity contribution in [3.05, 3.63) is 65.6 Å². The minimum atomic E-state index is -4.48. The van der Waals surface area contributed by atoms with Crippen molar-refractivity contribution in [3.63, 3.8) is 0 Å². The fraction of sp³-hybridized carbons (Fsp3) is 0.200. The number of imidazole rings is 1. The second-order valence-electron chi connectivity index (χ2n) is 6.63. The molecule has 1 amide bonds. The van der Waals surface area contributed by atoms with Gasteiger partial charge in [0, 0.05) is 18.0 Å². The molecule has 0 spiro atoms. The van der Waals surface area contributed by atoms with Crippen LogP contribution in [0.5, 0.6) is 11.5 Å². The minimum absolute atomic E-state index is 0.0590. The van der Waals surface area contributed by atoms with Crippen molar-refractivity contribution in [1.29, 1.82) is 0 Å². The molecule has 9 heteroatoms. The number of rotatable bonds is 3. The maximum Gasteiger partial charge on any atom is 0.416 e. The van der Waals surface area contributed by atoms with Gasteiger partial charge in [-0.25, -0.2) is 4.98 Å². The molecule has 1 aliphatic rings. The lowest BCUT2D eigenvalue weighted by Gasteiger charge is -2.25. The number of ether oxygens (including phenoxy) is 1. The summed E-state index contributed by atoms with van der Waals surface area (Å²) >= 11 is 0. The summed E-state index contributed by atoms with van der Waals surface area (Å²) in [5, 5.41) is 12.8. The van der Waals surface area contributed by atoms with Crippen LogP contribution in [-0.2, 0) is 11.0 Å². The largest absolute Gasteiger partial charge is 0.504 e. The van der Waals surface area contributed by atoms with Crippen LogP contribution in [0.25, 0.3) is 5.69 Å². The average molecular weight is 403 g/mol. The van der Waals surface area contributed by atoms with Crippen LogP contribution < -0.4 is 10.1 Å². The number of aromatic nitrogens is 2. The topological polar surface area (TPSA) is 76.4 Å². The molecule has 1 atom stereocenters. The molecule has 1 unspecified atom stereocenters. The first-order valence-corrected chi connectivity index (χ1v) is 8.69. The van der Waals surface area contributed by atoms with Crippen molar-refractivity contribution in [1.82, 2.24) is 9.55 Å². The van der Waals surface area contributed by atoms with E-state index >= 15 is 0 Å². The number of alkyl halides is 3. The third-order valence-electron chi connectivity index (χ3n) is 4.84. The van der Waals surface area contributed by atoms with Gasteiger partial charge in [-0.05, 0) is 35.9 Å². The molecular weight excluding hydrogens is 387 g/mol. The maximum atomic E-state index is 13.1. The molecule has 0 bridgehead atoms. The van der Waals surface area contributed by atoms with Crippen LogP contribution in [-0.4, -0.2) is 27.7 Å². The zero-order valence-corrected chi connectivity index (χ0v) is 15.2. The zero-order valence-electron chi connectivity index (χ0n) is 15.2. The lowest BCUT2D eigenvalue weighted by Crippen LogP contribution is -2.25. The predicted octanol–water partition coefficient (Wildman–Crippen LogP) is 4.08. The fourth-order valence-corrected chi connectivity index (χ4v) is 3.49. The summed E-state index contributed by atoms with van der Waals surface area (Å²) in [5.41, 5.74) is 0.644. The summed E-state index contributed by atoms with van der Waals surface area (Å²) in [7, 11) is 1.42. The number of hydrogen-bond donors (Lipinski definition) is 2. The summed E-state index contributed by atoms with van der Waals surface area (Å²) in [6.45, 7) is 0. The van der Waals surface area contributed by atoms with Gasteiger partial charge in [-0.2, -0.15) is 13.2 Å². The molecule has 1 aliphatic heterocycles. The summed E-state index contributed by atoms with van der Waals surface area (Å²) in [6.07, 6.45) is -3.04. The first kappa shape index (κ1) is 18.9. The second kappa shape index (κ2) is 6.84. The number of anilines is 1. The number of carbonyl (C=O) groups excluding carboxylic acids is 1. The number of benzene rings is 2. The van der Waals surface area contributed by atoms with Crippen molar-refractivity contribution in [2.75, 3.05) is 12.4 Å². The van der Waals surface area contributed by atoms with E-state index in [0.717, 1.165) is 12.1 Å². The Bertz CT molecular complexity index is 1090. The Hall–Kier alpha value is -3.49. The smallest absolute Gasteiger partial charge is 0.416 e. The van der Waals surface area contributed by atoms with Gasteiger partial charge in [-0.15, -0.1) is 0 Å². The molecule has 29 heavy (non-hydrogen) atoms. The number of aromatic hydroxyl groups is 1. The molecule has 3 aromatic rings. The van der Waals surface area contributed by atoms with Gasteiger partial charge in [-0.1, -0.05) is 12.1 Å². The lowest BCUT2D eigenvalue weighted by atomic mass is 9.89. The molecule has 2 N–H and O–H groups in total. The maximum absolute atomic E-state index is 13.1. The number of phenols is 1. The highest BCUT2D eigenvalue weighted by Crippen LogP contribution is 2.41. The Kier molecular flexibility index (Phi) is 4.45. The van der Waals surface area contributed by atoms with E-state index in [9.17, 15) is 23.1 Å². The van der Waals surface area contributed by atoms with E-state index in [4.69, 9.17) is 4.74 Å². The number of amides is 1. The monoisotopic (exact) mass is 403 g/mol. The average Bonchev–Trinajstić information content (AvgIpc) is 3.10. The Balaban J connectivity index is 1.84. The predicted molar refractivity (Wildman–Crippen MR) is 98.3 cm³/mol. The van der Waals surface area contributed by atoms with Crippen molar-refractivity contribution in [2.24, 2.45) is 0 Å². The number of phenolic OH excluding ortho intramolecular Hbond substituents is 1. The van der Waals surface area contributed by atoms with E-state index in [2.05, 4.69) is 10.3 Å². The van der Waals surface area contributed by atoms with Gasteiger partial charge in [0.05, 0.1) is 18.4 Å². The van der Waals surface area contributed by atoms with Gasteiger partial charge in [0.1, 0.15) is 6.33 Å². The van der Waals surface area contributed by atoms with Gasteiger partial charge < -0.3 is 19.7 Å². The summed E-state index contributed by atoms with van der Waals surface area (Å²) < 4.78 is 46.0. The van der Waals surface area contributed by atoms with Crippen LogP contribution in [0.1, 0.15) is 29.2 Å². The van der Waals surface area contributed by atoms with Crippen LogP contribution in [0.2, 0.25) is 0 Å². The van der Waals surface area contributed by atoms with Gasteiger partial charge in [0.2, 0.25) is 5.91 Å². The molecule has 0 saturated heterocycles. The number of nitrogens with zero attached hydrogens (tertiary/aromatic N) is 2. The SMILES string of the molecule is COc1ccc(C2CC(=O)Nc3ncn(-c4cccc(C(F)(F)F)c4)c32)cc1O. The molecule has 0 saturated carbocycles. The number of nitrogens with one attached hydrogen (secondary N) is 1. The Morgan fingerprint density at radius 2 is 2.03 bits per heavy atom. The van der Waals surface area contributed by atoms with Crippen molar-refractivity contribution >= 4 is 11.7 Å². The first-order valence-electron chi connectivity index (χ1n) is 8.69. The van der Waals surface area contributed by atoms with E-state index in [1.807, 2.05) is 0 Å². The number of fused-ring (bicyclic) bond motifs is 1. The number of hydrogen-bond acceptors (Lipinski definition) is 4. The van der Waals surface area contributed by atoms with Crippen LogP contribution in [0.3, 0.4) is 0 Å². The van der Waals surface area contributed by atoms with E-state index in [1.165, 1.54) is 36.2 Å². The molecule has 0 aliphatic carbocycles. The Morgan fingerprint density at radius 3 is 2.72 bits per heavy atom. The number of carbonyl (C=O) groups is 1. The minimum Gasteiger partial charge on any atom is -0.504 e. The first-order chi connectivity index (χ1) is 13.8. The van der Waals surface area contributed by atoms with Crippen molar-refractivity contribution in [2.45, 2.75) is 18.5 Å². The Labute approximate surface area is 163 Å². The second-order valence-corrected chi connectivity index (χ2v) is 6.63. The van der Waals surface area contributed by atoms with Gasteiger partial charge in [0.15, 0.2) is 17.3 Å². The van der Waals surface area contributed by atoms with E-state index in [0.29, 0.717) is 11.3 Å². The van der Waals surface area contributed by atoms with Crippen LogP contribution >= 0.6 is 0 Å². The number of methoxy groups -OCH3 is 1. The number of halogens is 3. The molecular formula is C20H16F3N3O3. The van der Waals surface area contributed by atoms with Gasteiger partial charge in [0.25, 0.3) is 0 Å². The fourth-order valence-electron chi connectivity index (χ4n) is 3.49. The Morgan fingerprint density at radius 1 is 1.24 bits per heavy atom. The van der Waals surface area contributed by atoms with Gasteiger partial charge >= 0.3 is 6.18 Å². The molecule has 6 nitrogen and oxygen atoms in total. The highest BCUT2D eigenvalue weighted by atomic mass is 19.4. The van der Waals surface area contributed by atoms with E-state index < -0.39 is 17.7 Å². The molecule has 2 heterocycles. The van der Waals surface area contributed by atoms with Crippen LogP contribution in [0, 0.1) is 0 Å². The van der Waals surface area contributed by atoms with Crippen molar-refractivity contribution < 1.29 is 27.8 Å². The van der Waals surface area contributed by atoms with E-state index in [1.54, 1.807) is 12.1 Å². The quantitative estimate of drug-likeness (QED) is 0.691. The molecule has 0 radical (unpaired) electrons. The lowest BCUT2D eigenvalue weighted by molar-refractivity contribution is -0.137. The van der Waals surface area contributed by atoms with Crippen LogP contribution in [0.4, 0.5) is 19.0 Å². The standard InChI is InChI=1S/C20H16F3N3O3/c1-29-16-6-5-11(7-15(16)27)14-9-17(28)25-19-18(14)26(10-24-19)13-4-2-3-12(8-13)20(21,22)23/h2-8,10,14,27H,9H2,1H3,(H,25,28). The normalized spacial score (nSPS) is 16.3. The molecule has 0 fully saturated rings. The third kappa shape index (κ3) is 3.39. The zero-order chi connectivity index (χ0) is 20.8. The molecule has 150 valence electrons.